The molecule has 31 heavy (non-hydrogen) atoms. The molecule has 0 amide bonds. The number of hydrogen-bond acceptors (Lipinski definition) is 1. The van der Waals surface area contributed by atoms with Gasteiger partial charge in [-0.05, 0) is 54.0 Å². The van der Waals surface area contributed by atoms with Crippen LogP contribution >= 0.6 is 0 Å². The van der Waals surface area contributed by atoms with Gasteiger partial charge in [0.2, 0.25) is 5.75 Å². The first-order valence-electron chi connectivity index (χ1n) is 11.3. The maximum atomic E-state index is 6.79. The number of pyridine rings is 1. The van der Waals surface area contributed by atoms with Gasteiger partial charge in [-0.15, -0.1) is 0 Å². The molecule has 3 heteroatoms. The van der Waals surface area contributed by atoms with Crippen molar-refractivity contribution in [3.8, 4) is 22.8 Å². The van der Waals surface area contributed by atoms with E-state index in [-0.39, 0.29) is 0 Å². The lowest BCUT2D eigenvalue weighted by Gasteiger charge is -2.25. The highest BCUT2D eigenvalue weighted by Gasteiger charge is 2.33. The smallest absolute Gasteiger partial charge is 0.257 e. The van der Waals surface area contributed by atoms with Crippen molar-refractivity contribution in [1.82, 2.24) is 0 Å². The Morgan fingerprint density at radius 2 is 1.68 bits per heavy atom. The van der Waals surface area contributed by atoms with Crippen molar-refractivity contribution in [1.29, 1.82) is 0 Å². The van der Waals surface area contributed by atoms with Crippen molar-refractivity contribution in [3.05, 3.63) is 59.3 Å². The number of benzene rings is 3. The third kappa shape index (κ3) is 3.01. The van der Waals surface area contributed by atoms with Gasteiger partial charge >= 0.3 is 0 Å². The van der Waals surface area contributed by atoms with Crippen molar-refractivity contribution < 1.29 is 9.30 Å². The fourth-order valence-corrected chi connectivity index (χ4v) is 6.03. The van der Waals surface area contributed by atoms with E-state index < -0.39 is 8.07 Å². The van der Waals surface area contributed by atoms with E-state index in [0.717, 1.165) is 11.5 Å². The normalized spacial score (nSPS) is 13.1. The van der Waals surface area contributed by atoms with Crippen molar-refractivity contribution in [3.63, 3.8) is 0 Å². The molecule has 0 atom stereocenters. The minimum Gasteiger partial charge on any atom is -0.449 e. The Morgan fingerprint density at radius 3 is 2.35 bits per heavy atom. The summed E-state index contributed by atoms with van der Waals surface area (Å²) in [4.78, 5) is 0. The zero-order valence-corrected chi connectivity index (χ0v) is 21.0. The standard InChI is InChI=1S/C28H32NOSi/c1-16(2)20-12-21-11-17(3)18(4)25-26(21)24(13-20)30-28-23-14-22(31(6,7)8)10-9-19(23)15-29(5)27(25)28/h9-16H,1-8H3/q+1. The molecule has 0 saturated carbocycles. The Balaban J connectivity index is 1.94. The maximum absolute atomic E-state index is 6.79. The lowest BCUT2D eigenvalue weighted by molar-refractivity contribution is -0.659. The van der Waals surface area contributed by atoms with Gasteiger partial charge in [0.25, 0.3) is 5.69 Å². The molecule has 0 radical (unpaired) electrons. The summed E-state index contributed by atoms with van der Waals surface area (Å²) < 4.78 is 9.05. The topological polar surface area (TPSA) is 13.1 Å². The van der Waals surface area contributed by atoms with E-state index in [2.05, 4.69) is 102 Å². The molecule has 1 aromatic heterocycles. The highest BCUT2D eigenvalue weighted by Crippen LogP contribution is 2.50. The predicted octanol–water partition coefficient (Wildman–Crippen LogP) is 6.88. The molecular formula is C28H32NOSi+. The number of rotatable bonds is 2. The minimum absolute atomic E-state index is 0.456. The summed E-state index contributed by atoms with van der Waals surface area (Å²) in [5, 5.41) is 6.45. The Morgan fingerprint density at radius 1 is 0.935 bits per heavy atom. The van der Waals surface area contributed by atoms with Crippen LogP contribution in [0.5, 0.6) is 11.5 Å². The van der Waals surface area contributed by atoms with E-state index in [1.54, 1.807) is 0 Å². The first-order chi connectivity index (χ1) is 14.6. The van der Waals surface area contributed by atoms with Gasteiger partial charge in [0, 0.05) is 16.2 Å². The van der Waals surface area contributed by atoms with Crippen molar-refractivity contribution in [2.24, 2.45) is 7.05 Å². The zero-order chi connectivity index (χ0) is 22.2. The van der Waals surface area contributed by atoms with E-state index in [9.17, 15) is 0 Å². The second kappa shape index (κ2) is 6.67. The molecule has 0 unspecified atom stereocenters. The highest BCUT2D eigenvalue weighted by molar-refractivity contribution is 6.88. The van der Waals surface area contributed by atoms with Crippen molar-refractivity contribution >= 4 is 34.8 Å². The average molecular weight is 427 g/mol. The molecular weight excluding hydrogens is 394 g/mol. The van der Waals surface area contributed by atoms with E-state index in [1.807, 2.05) is 0 Å². The van der Waals surface area contributed by atoms with Crippen LogP contribution in [0.3, 0.4) is 0 Å². The van der Waals surface area contributed by atoms with Crippen LogP contribution in [0.2, 0.25) is 19.6 Å². The van der Waals surface area contributed by atoms with Gasteiger partial charge in [0.15, 0.2) is 6.20 Å². The average Bonchev–Trinajstić information content (AvgIpc) is 2.69. The molecule has 0 N–H and O–H groups in total. The molecule has 3 aromatic carbocycles. The Hall–Kier alpha value is -2.65. The molecule has 2 heterocycles. The van der Waals surface area contributed by atoms with Gasteiger partial charge in [0.1, 0.15) is 12.8 Å². The summed E-state index contributed by atoms with van der Waals surface area (Å²) >= 11 is 0. The predicted molar refractivity (Wildman–Crippen MR) is 135 cm³/mol. The fraction of sp³-hybridized carbons (Fsp3) is 0.321. The van der Waals surface area contributed by atoms with E-state index in [4.69, 9.17) is 4.74 Å². The van der Waals surface area contributed by atoms with Crippen LogP contribution in [0.15, 0.2) is 42.6 Å². The van der Waals surface area contributed by atoms with E-state index in [0.29, 0.717) is 5.92 Å². The Bertz CT molecular complexity index is 1390. The van der Waals surface area contributed by atoms with Crippen LogP contribution in [-0.2, 0) is 7.05 Å². The first kappa shape index (κ1) is 20.3. The molecule has 1 aliphatic rings. The molecule has 4 aromatic rings. The molecule has 158 valence electrons. The second-order valence-corrected chi connectivity index (χ2v) is 15.6. The first-order valence-corrected chi connectivity index (χ1v) is 14.8. The van der Waals surface area contributed by atoms with Gasteiger partial charge in [-0.1, -0.05) is 62.9 Å². The van der Waals surface area contributed by atoms with Crippen LogP contribution < -0.4 is 14.5 Å². The summed E-state index contributed by atoms with van der Waals surface area (Å²) in [5.74, 6) is 2.46. The fourth-order valence-electron chi connectivity index (χ4n) is 4.87. The number of fused-ring (bicyclic) bond motifs is 4. The third-order valence-electron chi connectivity index (χ3n) is 6.92. The summed E-state index contributed by atoms with van der Waals surface area (Å²) in [6, 6.07) is 13.9. The number of ether oxygens (including phenoxy) is 1. The summed E-state index contributed by atoms with van der Waals surface area (Å²) in [7, 11) is 0.712. The van der Waals surface area contributed by atoms with Crippen LogP contribution in [-0.4, -0.2) is 8.07 Å². The lowest BCUT2D eigenvalue weighted by Crippen LogP contribution is -2.38. The molecule has 0 fully saturated rings. The molecule has 5 rings (SSSR count). The van der Waals surface area contributed by atoms with Crippen LogP contribution in [0.4, 0.5) is 0 Å². The quantitative estimate of drug-likeness (QED) is 0.222. The van der Waals surface area contributed by atoms with Crippen molar-refractivity contribution in [2.45, 2.75) is 53.3 Å². The van der Waals surface area contributed by atoms with Gasteiger partial charge in [-0.3, -0.25) is 0 Å². The third-order valence-corrected chi connectivity index (χ3v) is 8.97. The summed E-state index contributed by atoms with van der Waals surface area (Å²) in [6.07, 6.45) is 2.26. The van der Waals surface area contributed by atoms with E-state index >= 15 is 0 Å². The second-order valence-electron chi connectivity index (χ2n) is 10.5. The van der Waals surface area contributed by atoms with Crippen LogP contribution in [0.25, 0.3) is 32.8 Å². The van der Waals surface area contributed by atoms with Crippen molar-refractivity contribution in [2.75, 3.05) is 0 Å². The zero-order valence-electron chi connectivity index (χ0n) is 20.0. The summed E-state index contributed by atoms with van der Waals surface area (Å²) in [6.45, 7) is 16.2. The minimum atomic E-state index is -1.44. The number of aryl methyl sites for hydroxylation is 2. The molecule has 0 aliphatic carbocycles. The van der Waals surface area contributed by atoms with Crippen LogP contribution in [0.1, 0.15) is 36.5 Å². The molecule has 0 saturated heterocycles. The molecule has 1 aliphatic heterocycles. The molecule has 0 spiro atoms. The van der Waals surface area contributed by atoms with Gasteiger partial charge in [-0.2, -0.15) is 4.57 Å². The molecule has 0 bridgehead atoms. The van der Waals surface area contributed by atoms with Crippen LogP contribution in [0, 0.1) is 13.8 Å². The van der Waals surface area contributed by atoms with Gasteiger partial charge < -0.3 is 4.74 Å². The molecule has 2 nitrogen and oxygen atoms in total. The van der Waals surface area contributed by atoms with Gasteiger partial charge in [0.05, 0.1) is 13.6 Å². The maximum Gasteiger partial charge on any atom is 0.257 e. The number of hydrogen-bond donors (Lipinski definition) is 0. The Kier molecular flexibility index (Phi) is 4.36. The highest BCUT2D eigenvalue weighted by atomic mass is 28.3. The summed E-state index contributed by atoms with van der Waals surface area (Å²) in [5.41, 5.74) is 6.51. The Labute approximate surface area is 186 Å². The monoisotopic (exact) mass is 426 g/mol. The number of aromatic nitrogens is 1. The number of nitrogens with zero attached hydrogens (tertiary/aromatic N) is 1. The lowest BCUT2D eigenvalue weighted by atomic mass is 9.88. The SMILES string of the molecule is Cc1cc2cc(C(C)C)cc3c2c(c1C)-c1c(c2cc([Si](C)(C)C)ccc2c[n+]1C)O3. The van der Waals surface area contributed by atoms with Gasteiger partial charge in [-0.25, -0.2) is 0 Å². The van der Waals surface area contributed by atoms with E-state index in [1.165, 1.54) is 54.7 Å². The largest absolute Gasteiger partial charge is 0.449 e.